The number of nitrogens with zero attached hydrogens (tertiary/aromatic N) is 2. The van der Waals surface area contributed by atoms with E-state index >= 15 is 0 Å². The molecule has 8 heteroatoms. The fraction of sp³-hybridized carbons (Fsp3) is 0.429. The number of unbranched alkanes of at least 4 members (excludes halogenated alkanes) is 1. The number of rotatable bonds is 10. The molecular weight excluding hydrogens is 394 g/mol. The molecule has 0 saturated carbocycles. The number of carbonyl (C=O) groups is 1. The van der Waals surface area contributed by atoms with Gasteiger partial charge in [-0.05, 0) is 19.4 Å². The summed E-state index contributed by atoms with van der Waals surface area (Å²) in [6, 6.07) is 3.49. The smallest absolute Gasteiger partial charge is 0.244 e. The lowest BCUT2D eigenvalue weighted by molar-refractivity contribution is -0.116. The summed E-state index contributed by atoms with van der Waals surface area (Å²) >= 11 is 6.40. The Morgan fingerprint density at radius 1 is 1.21 bits per heavy atom. The van der Waals surface area contributed by atoms with Crippen molar-refractivity contribution < 1.29 is 19.0 Å². The van der Waals surface area contributed by atoms with Crippen LogP contribution in [0.2, 0.25) is 5.15 Å². The third-order valence-electron chi connectivity index (χ3n) is 4.49. The molecule has 1 aromatic carbocycles. The Bertz CT molecular complexity index is 852. The maximum absolute atomic E-state index is 12.3. The highest BCUT2D eigenvalue weighted by atomic mass is 35.5. The Morgan fingerprint density at radius 3 is 2.41 bits per heavy atom. The van der Waals surface area contributed by atoms with E-state index in [9.17, 15) is 4.79 Å². The van der Waals surface area contributed by atoms with E-state index in [0.29, 0.717) is 22.4 Å². The second-order valence-electron chi connectivity index (χ2n) is 6.43. The van der Waals surface area contributed by atoms with E-state index in [4.69, 9.17) is 25.8 Å². The minimum absolute atomic E-state index is 0.238. The van der Waals surface area contributed by atoms with Gasteiger partial charge in [-0.25, -0.2) is 0 Å². The molecule has 0 aliphatic heterocycles. The molecule has 158 valence electrons. The molecule has 0 bridgehead atoms. The predicted octanol–water partition coefficient (Wildman–Crippen LogP) is 4.00. The van der Waals surface area contributed by atoms with Crippen LogP contribution in [0.25, 0.3) is 6.08 Å². The summed E-state index contributed by atoms with van der Waals surface area (Å²) in [5, 5.41) is 7.82. The second kappa shape index (κ2) is 10.8. The standard InChI is InChI=1S/C21H28ClN3O4/c1-6-7-10-25-21(22)16(14(2)24-25)8-9-20(26)23-13-17-18(28-4)11-15(27-3)12-19(17)29-5/h8-9,11-12H,6-7,10,13H2,1-5H3,(H,23,26)/b9-8+. The van der Waals surface area contributed by atoms with Gasteiger partial charge in [-0.2, -0.15) is 5.10 Å². The summed E-state index contributed by atoms with van der Waals surface area (Å²) in [6.45, 7) is 4.98. The van der Waals surface area contributed by atoms with Crippen LogP contribution in [0.5, 0.6) is 17.2 Å². The van der Waals surface area contributed by atoms with Crippen LogP contribution in [-0.2, 0) is 17.9 Å². The van der Waals surface area contributed by atoms with Crippen molar-refractivity contribution in [3.63, 3.8) is 0 Å². The minimum Gasteiger partial charge on any atom is -0.496 e. The quantitative estimate of drug-likeness (QED) is 0.587. The Labute approximate surface area is 176 Å². The number of amides is 1. The number of hydrogen-bond donors (Lipinski definition) is 1. The second-order valence-corrected chi connectivity index (χ2v) is 6.79. The highest BCUT2D eigenvalue weighted by molar-refractivity contribution is 6.31. The molecule has 1 N–H and O–H groups in total. The molecular formula is C21H28ClN3O4. The summed E-state index contributed by atoms with van der Waals surface area (Å²) in [6.07, 6.45) is 5.19. The van der Waals surface area contributed by atoms with E-state index in [0.717, 1.165) is 36.2 Å². The van der Waals surface area contributed by atoms with Crippen molar-refractivity contribution >= 4 is 23.6 Å². The van der Waals surface area contributed by atoms with Crippen molar-refractivity contribution in [3.05, 3.63) is 40.2 Å². The molecule has 7 nitrogen and oxygen atoms in total. The van der Waals surface area contributed by atoms with Crippen molar-refractivity contribution in [2.45, 2.75) is 39.8 Å². The average Bonchev–Trinajstić information content (AvgIpc) is 3.00. The van der Waals surface area contributed by atoms with Crippen LogP contribution in [0.15, 0.2) is 18.2 Å². The molecule has 0 fully saturated rings. The monoisotopic (exact) mass is 421 g/mol. The van der Waals surface area contributed by atoms with Crippen molar-refractivity contribution in [1.29, 1.82) is 0 Å². The van der Waals surface area contributed by atoms with Crippen molar-refractivity contribution in [3.8, 4) is 17.2 Å². The van der Waals surface area contributed by atoms with Gasteiger partial charge in [0, 0.05) is 30.3 Å². The van der Waals surface area contributed by atoms with Crippen LogP contribution in [0, 0.1) is 6.92 Å². The largest absolute Gasteiger partial charge is 0.496 e. The molecule has 0 saturated heterocycles. The molecule has 0 aliphatic rings. The number of aromatic nitrogens is 2. The number of benzene rings is 1. The molecule has 1 amide bonds. The summed E-state index contributed by atoms with van der Waals surface area (Å²) in [5.74, 6) is 1.49. The first-order valence-corrected chi connectivity index (χ1v) is 9.80. The molecule has 2 aromatic rings. The van der Waals surface area contributed by atoms with Gasteiger partial charge in [-0.15, -0.1) is 0 Å². The molecule has 1 aromatic heterocycles. The van der Waals surface area contributed by atoms with E-state index in [1.165, 1.54) is 6.08 Å². The first-order chi connectivity index (χ1) is 13.9. The van der Waals surface area contributed by atoms with Crippen LogP contribution in [0.4, 0.5) is 0 Å². The maximum atomic E-state index is 12.3. The first kappa shape index (κ1) is 22.6. The fourth-order valence-electron chi connectivity index (χ4n) is 2.86. The van der Waals surface area contributed by atoms with Crippen LogP contribution in [-0.4, -0.2) is 37.0 Å². The van der Waals surface area contributed by atoms with Gasteiger partial charge in [0.1, 0.15) is 22.4 Å². The normalized spacial score (nSPS) is 11.0. The topological polar surface area (TPSA) is 74.6 Å². The lowest BCUT2D eigenvalue weighted by Gasteiger charge is -2.15. The molecule has 0 atom stereocenters. The van der Waals surface area contributed by atoms with E-state index < -0.39 is 0 Å². The van der Waals surface area contributed by atoms with Gasteiger partial charge in [-0.1, -0.05) is 24.9 Å². The van der Waals surface area contributed by atoms with Crippen molar-refractivity contribution in [1.82, 2.24) is 15.1 Å². The van der Waals surface area contributed by atoms with E-state index in [1.54, 1.807) is 44.2 Å². The van der Waals surface area contributed by atoms with Gasteiger partial charge < -0.3 is 19.5 Å². The molecule has 29 heavy (non-hydrogen) atoms. The number of nitrogens with one attached hydrogen (secondary N) is 1. The van der Waals surface area contributed by atoms with Crippen molar-refractivity contribution in [2.24, 2.45) is 0 Å². The van der Waals surface area contributed by atoms with E-state index in [1.807, 2.05) is 6.92 Å². The third-order valence-corrected chi connectivity index (χ3v) is 4.89. The van der Waals surface area contributed by atoms with E-state index in [2.05, 4.69) is 17.3 Å². The van der Waals surface area contributed by atoms with Crippen LogP contribution in [0.1, 0.15) is 36.6 Å². The van der Waals surface area contributed by atoms with Gasteiger partial charge in [0.05, 0.1) is 39.1 Å². The highest BCUT2D eigenvalue weighted by Gasteiger charge is 2.14. The molecule has 0 aliphatic carbocycles. The molecule has 0 radical (unpaired) electrons. The zero-order valence-electron chi connectivity index (χ0n) is 17.5. The number of methoxy groups -OCH3 is 3. The lowest BCUT2D eigenvalue weighted by Crippen LogP contribution is -2.21. The average molecular weight is 422 g/mol. The Morgan fingerprint density at radius 2 is 1.86 bits per heavy atom. The van der Waals surface area contributed by atoms with E-state index in [-0.39, 0.29) is 12.5 Å². The summed E-state index contributed by atoms with van der Waals surface area (Å²) in [7, 11) is 4.68. The zero-order valence-corrected chi connectivity index (χ0v) is 18.3. The Balaban J connectivity index is 2.10. The van der Waals surface area contributed by atoms with Crippen LogP contribution < -0.4 is 19.5 Å². The zero-order chi connectivity index (χ0) is 21.4. The number of ether oxygens (including phenoxy) is 3. The lowest BCUT2D eigenvalue weighted by atomic mass is 10.1. The van der Waals surface area contributed by atoms with Gasteiger partial charge in [0.15, 0.2) is 0 Å². The van der Waals surface area contributed by atoms with Gasteiger partial charge >= 0.3 is 0 Å². The Hall–Kier alpha value is -2.67. The number of carbonyl (C=O) groups excluding carboxylic acids is 1. The highest BCUT2D eigenvalue weighted by Crippen LogP contribution is 2.33. The first-order valence-electron chi connectivity index (χ1n) is 9.42. The maximum Gasteiger partial charge on any atom is 0.244 e. The van der Waals surface area contributed by atoms with Gasteiger partial charge in [0.25, 0.3) is 0 Å². The summed E-state index contributed by atoms with van der Waals surface area (Å²) in [5.41, 5.74) is 2.25. The number of aryl methyl sites for hydroxylation is 2. The fourth-order valence-corrected chi connectivity index (χ4v) is 3.18. The Kier molecular flexibility index (Phi) is 8.39. The SMILES string of the molecule is CCCCn1nc(C)c(/C=C/C(=O)NCc2c(OC)cc(OC)cc2OC)c1Cl. The molecule has 0 unspecified atom stereocenters. The minimum atomic E-state index is -0.262. The van der Waals surface area contributed by atoms with Gasteiger partial charge in [-0.3, -0.25) is 9.48 Å². The molecule has 2 rings (SSSR count). The van der Waals surface area contributed by atoms with Crippen LogP contribution in [0.3, 0.4) is 0 Å². The molecule has 1 heterocycles. The summed E-state index contributed by atoms with van der Waals surface area (Å²) < 4.78 is 17.8. The van der Waals surface area contributed by atoms with Crippen molar-refractivity contribution in [2.75, 3.05) is 21.3 Å². The number of hydrogen-bond acceptors (Lipinski definition) is 5. The van der Waals surface area contributed by atoms with Gasteiger partial charge in [0.2, 0.25) is 5.91 Å². The number of halogens is 1. The van der Waals surface area contributed by atoms with Crippen LogP contribution >= 0.6 is 11.6 Å². The summed E-state index contributed by atoms with van der Waals surface area (Å²) in [4.78, 5) is 12.3. The predicted molar refractivity (Wildman–Crippen MR) is 114 cm³/mol. The third kappa shape index (κ3) is 5.67. The molecule has 0 spiro atoms.